The van der Waals surface area contributed by atoms with Gasteiger partial charge in [0.2, 0.25) is 5.43 Å². The fraction of sp³-hybridized carbons (Fsp3) is 0.438. The number of benzene rings is 1. The van der Waals surface area contributed by atoms with Crippen molar-refractivity contribution in [2.24, 2.45) is 5.92 Å². The fourth-order valence-electron chi connectivity index (χ4n) is 2.85. The van der Waals surface area contributed by atoms with E-state index < -0.39 is 0 Å². The lowest BCUT2D eigenvalue weighted by Gasteiger charge is -2.32. The van der Waals surface area contributed by atoms with Gasteiger partial charge in [-0.2, -0.15) is 0 Å². The first-order valence-corrected chi connectivity index (χ1v) is 7.91. The van der Waals surface area contributed by atoms with Crippen molar-refractivity contribution < 1.29 is 4.74 Å². The van der Waals surface area contributed by atoms with Crippen LogP contribution in [-0.2, 0) is 0 Å². The minimum Gasteiger partial charge on any atom is -0.497 e. The molecule has 1 aromatic heterocycles. The molecule has 4 heteroatoms. The van der Waals surface area contributed by atoms with Gasteiger partial charge < -0.3 is 9.64 Å². The standard InChI is InChI=1S/C16H19NO2S/c1-11-4-3-7-17(9-11)14-10-20-15-6-5-12(19-2)8-13(15)16(14)18/h5-6,8,10-11H,3-4,7,9H2,1-2H3/t11-/m0/s1. The number of nitrogens with zero attached hydrogens (tertiary/aromatic N) is 1. The predicted molar refractivity (Wildman–Crippen MR) is 85.3 cm³/mol. The summed E-state index contributed by atoms with van der Waals surface area (Å²) in [7, 11) is 1.63. The van der Waals surface area contributed by atoms with Gasteiger partial charge in [0.25, 0.3) is 0 Å². The van der Waals surface area contributed by atoms with Gasteiger partial charge in [-0.1, -0.05) is 6.92 Å². The van der Waals surface area contributed by atoms with Crippen molar-refractivity contribution in [2.45, 2.75) is 19.8 Å². The first-order chi connectivity index (χ1) is 9.69. The Labute approximate surface area is 122 Å². The molecule has 106 valence electrons. The van der Waals surface area contributed by atoms with Gasteiger partial charge in [0.1, 0.15) is 5.75 Å². The van der Waals surface area contributed by atoms with Gasteiger partial charge in [-0.15, -0.1) is 11.3 Å². The summed E-state index contributed by atoms with van der Waals surface area (Å²) in [4.78, 5) is 15.0. The molecule has 0 bridgehead atoms. The van der Waals surface area contributed by atoms with Gasteiger partial charge >= 0.3 is 0 Å². The smallest absolute Gasteiger partial charge is 0.211 e. The second-order valence-electron chi connectivity index (χ2n) is 5.51. The molecule has 1 aromatic carbocycles. The molecular formula is C16H19NO2S. The first kappa shape index (κ1) is 13.4. The molecule has 3 rings (SSSR count). The van der Waals surface area contributed by atoms with Crippen LogP contribution < -0.4 is 15.1 Å². The summed E-state index contributed by atoms with van der Waals surface area (Å²) in [6.45, 7) is 4.23. The van der Waals surface area contributed by atoms with E-state index in [0.29, 0.717) is 5.92 Å². The number of ether oxygens (including phenoxy) is 1. The molecule has 0 N–H and O–H groups in total. The molecule has 1 aliphatic heterocycles. The third kappa shape index (κ3) is 2.40. The Morgan fingerprint density at radius 1 is 1.40 bits per heavy atom. The predicted octanol–water partition coefficient (Wildman–Crippen LogP) is 3.51. The van der Waals surface area contributed by atoms with Crippen LogP contribution in [0.3, 0.4) is 0 Å². The molecule has 2 aromatic rings. The zero-order valence-electron chi connectivity index (χ0n) is 11.9. The van der Waals surface area contributed by atoms with E-state index in [9.17, 15) is 4.79 Å². The second kappa shape index (κ2) is 5.44. The summed E-state index contributed by atoms with van der Waals surface area (Å²) in [5, 5.41) is 2.78. The third-order valence-corrected chi connectivity index (χ3v) is 4.91. The minimum absolute atomic E-state index is 0.131. The van der Waals surface area contributed by atoms with Crippen LogP contribution >= 0.6 is 11.3 Å². The van der Waals surface area contributed by atoms with Crippen LogP contribution in [0.2, 0.25) is 0 Å². The van der Waals surface area contributed by atoms with Crippen LogP contribution in [0.1, 0.15) is 19.8 Å². The lowest BCUT2D eigenvalue weighted by Crippen LogP contribution is -2.36. The lowest BCUT2D eigenvalue weighted by atomic mass is 10.00. The van der Waals surface area contributed by atoms with Crippen molar-refractivity contribution in [2.75, 3.05) is 25.1 Å². The van der Waals surface area contributed by atoms with Crippen molar-refractivity contribution in [1.29, 1.82) is 0 Å². The van der Waals surface area contributed by atoms with Crippen molar-refractivity contribution >= 4 is 27.1 Å². The van der Waals surface area contributed by atoms with E-state index in [4.69, 9.17) is 4.74 Å². The molecule has 0 spiro atoms. The van der Waals surface area contributed by atoms with E-state index in [1.165, 1.54) is 12.8 Å². The summed E-state index contributed by atoms with van der Waals surface area (Å²) < 4.78 is 6.25. The largest absolute Gasteiger partial charge is 0.497 e. The number of rotatable bonds is 2. The molecule has 3 nitrogen and oxygen atoms in total. The number of piperidine rings is 1. The highest BCUT2D eigenvalue weighted by molar-refractivity contribution is 7.16. The van der Waals surface area contributed by atoms with Gasteiger partial charge in [-0.25, -0.2) is 0 Å². The van der Waals surface area contributed by atoms with Crippen molar-refractivity contribution in [3.8, 4) is 5.75 Å². The van der Waals surface area contributed by atoms with E-state index in [1.807, 2.05) is 23.6 Å². The van der Waals surface area contributed by atoms with Crippen LogP contribution in [-0.4, -0.2) is 20.2 Å². The van der Waals surface area contributed by atoms with E-state index >= 15 is 0 Å². The van der Waals surface area contributed by atoms with E-state index in [-0.39, 0.29) is 5.43 Å². The summed E-state index contributed by atoms with van der Waals surface area (Å²) in [6, 6.07) is 5.72. The number of methoxy groups -OCH3 is 1. The molecule has 0 aliphatic carbocycles. The average Bonchev–Trinajstić information content (AvgIpc) is 2.47. The van der Waals surface area contributed by atoms with Crippen molar-refractivity contribution in [1.82, 2.24) is 0 Å². The quantitative estimate of drug-likeness (QED) is 0.847. The maximum atomic E-state index is 12.7. The van der Waals surface area contributed by atoms with Gasteiger partial charge in [0, 0.05) is 28.6 Å². The molecule has 1 aliphatic rings. The van der Waals surface area contributed by atoms with Crippen molar-refractivity contribution in [3.05, 3.63) is 33.8 Å². The minimum atomic E-state index is 0.131. The number of anilines is 1. The summed E-state index contributed by atoms with van der Waals surface area (Å²) in [6.07, 6.45) is 2.43. The highest BCUT2D eigenvalue weighted by atomic mass is 32.1. The van der Waals surface area contributed by atoms with Gasteiger partial charge in [0.05, 0.1) is 12.8 Å². The molecule has 0 radical (unpaired) electrons. The van der Waals surface area contributed by atoms with Crippen LogP contribution in [0.4, 0.5) is 5.69 Å². The summed E-state index contributed by atoms with van der Waals surface area (Å²) >= 11 is 1.63. The van der Waals surface area contributed by atoms with E-state index in [2.05, 4.69) is 11.8 Å². The molecule has 0 unspecified atom stereocenters. The molecule has 2 heterocycles. The molecule has 20 heavy (non-hydrogen) atoms. The molecule has 1 atom stereocenters. The Hall–Kier alpha value is -1.55. The Bertz CT molecular complexity index is 680. The Balaban J connectivity index is 2.08. The maximum absolute atomic E-state index is 12.7. The normalized spacial score (nSPS) is 19.3. The van der Waals surface area contributed by atoms with E-state index in [0.717, 1.165) is 34.6 Å². The average molecular weight is 289 g/mol. The topological polar surface area (TPSA) is 29.5 Å². The van der Waals surface area contributed by atoms with Gasteiger partial charge in [0.15, 0.2) is 0 Å². The third-order valence-electron chi connectivity index (χ3n) is 3.96. The highest BCUT2D eigenvalue weighted by Gasteiger charge is 2.19. The summed E-state index contributed by atoms with van der Waals surface area (Å²) in [5.74, 6) is 1.40. The van der Waals surface area contributed by atoms with Gasteiger partial charge in [-0.05, 0) is 37.0 Å². The maximum Gasteiger partial charge on any atom is 0.211 e. The molecule has 0 saturated carbocycles. The molecule has 1 saturated heterocycles. The van der Waals surface area contributed by atoms with Crippen LogP contribution in [0.15, 0.2) is 28.4 Å². The molecule has 0 amide bonds. The molecule has 1 fully saturated rings. The second-order valence-corrected chi connectivity index (χ2v) is 6.42. The van der Waals surface area contributed by atoms with Crippen LogP contribution in [0, 0.1) is 5.92 Å². The Kier molecular flexibility index (Phi) is 3.66. The fourth-order valence-corrected chi connectivity index (χ4v) is 3.77. The number of fused-ring (bicyclic) bond motifs is 1. The first-order valence-electron chi connectivity index (χ1n) is 7.03. The number of hydrogen-bond acceptors (Lipinski definition) is 4. The van der Waals surface area contributed by atoms with Crippen molar-refractivity contribution in [3.63, 3.8) is 0 Å². The Morgan fingerprint density at radius 3 is 3.00 bits per heavy atom. The zero-order chi connectivity index (χ0) is 14.1. The van der Waals surface area contributed by atoms with Crippen LogP contribution in [0.25, 0.3) is 10.1 Å². The Morgan fingerprint density at radius 2 is 2.25 bits per heavy atom. The SMILES string of the molecule is COc1ccc2scc(N3CCC[C@H](C)C3)c(=O)c2c1. The summed E-state index contributed by atoms with van der Waals surface area (Å²) in [5.41, 5.74) is 0.981. The van der Waals surface area contributed by atoms with Crippen LogP contribution in [0.5, 0.6) is 5.75 Å². The monoisotopic (exact) mass is 289 g/mol. The zero-order valence-corrected chi connectivity index (χ0v) is 12.7. The highest BCUT2D eigenvalue weighted by Crippen LogP contribution is 2.27. The lowest BCUT2D eigenvalue weighted by molar-refractivity contribution is 0.415. The number of hydrogen-bond donors (Lipinski definition) is 0. The van der Waals surface area contributed by atoms with Gasteiger partial charge in [-0.3, -0.25) is 4.79 Å². The molecular weight excluding hydrogens is 270 g/mol. The van der Waals surface area contributed by atoms with E-state index in [1.54, 1.807) is 18.4 Å².